The van der Waals surface area contributed by atoms with E-state index in [-0.39, 0.29) is 29.2 Å². The van der Waals surface area contributed by atoms with E-state index in [1.807, 2.05) is 0 Å². The molecule has 2 rings (SSSR count). The van der Waals surface area contributed by atoms with Crippen LogP contribution in [0.2, 0.25) is 0 Å². The molecule has 0 heterocycles. The Morgan fingerprint density at radius 1 is 0.917 bits per heavy atom. The Labute approximate surface area is 140 Å². The Morgan fingerprint density at radius 2 is 1.42 bits per heavy atom. The predicted octanol–water partition coefficient (Wildman–Crippen LogP) is 2.65. The number of benzene rings is 2. The minimum Gasteiger partial charge on any atom is -0.508 e. The molecule has 0 aliphatic rings. The molecule has 128 valence electrons. The molecular weight excluding hydrogens is 308 g/mol. The van der Waals surface area contributed by atoms with E-state index >= 15 is 0 Å². The van der Waals surface area contributed by atoms with E-state index < -0.39 is 11.7 Å². The number of phenols is 3. The summed E-state index contributed by atoms with van der Waals surface area (Å²) in [5, 5.41) is 49.1. The zero-order chi connectivity index (χ0) is 17.9. The largest absolute Gasteiger partial charge is 0.508 e. The van der Waals surface area contributed by atoms with Crippen molar-refractivity contribution in [1.29, 1.82) is 0 Å². The summed E-state index contributed by atoms with van der Waals surface area (Å²) in [7, 11) is 0. The van der Waals surface area contributed by atoms with Gasteiger partial charge in [-0.15, -0.1) is 0 Å². The molecule has 5 nitrogen and oxygen atoms in total. The third-order valence-corrected chi connectivity index (χ3v) is 3.80. The van der Waals surface area contributed by atoms with Gasteiger partial charge in [-0.2, -0.15) is 0 Å². The van der Waals surface area contributed by atoms with E-state index in [1.54, 1.807) is 36.4 Å². The fourth-order valence-corrected chi connectivity index (χ4v) is 2.19. The molecule has 1 atom stereocenters. The van der Waals surface area contributed by atoms with Crippen molar-refractivity contribution < 1.29 is 25.5 Å². The second-order valence-electron chi connectivity index (χ2n) is 6.34. The smallest absolute Gasteiger partial charge is 0.123 e. The van der Waals surface area contributed by atoms with E-state index in [2.05, 4.69) is 0 Å². The van der Waals surface area contributed by atoms with Gasteiger partial charge in [0.1, 0.15) is 17.2 Å². The van der Waals surface area contributed by atoms with Crippen LogP contribution in [0.1, 0.15) is 30.5 Å². The Balaban J connectivity index is 2.21. The van der Waals surface area contributed by atoms with Gasteiger partial charge in [-0.1, -0.05) is 24.3 Å². The normalized spacial score (nSPS) is 13.3. The Hall–Kier alpha value is -2.50. The van der Waals surface area contributed by atoms with Crippen LogP contribution in [0.4, 0.5) is 0 Å². The highest BCUT2D eigenvalue weighted by atomic mass is 16.3. The Morgan fingerprint density at radius 3 is 1.92 bits per heavy atom. The predicted molar refractivity (Wildman–Crippen MR) is 92.8 cm³/mol. The van der Waals surface area contributed by atoms with Gasteiger partial charge >= 0.3 is 0 Å². The van der Waals surface area contributed by atoms with Gasteiger partial charge in [0.05, 0.1) is 11.7 Å². The molecule has 5 N–H and O–H groups in total. The van der Waals surface area contributed by atoms with Crippen LogP contribution in [-0.2, 0) is 6.42 Å². The second kappa shape index (κ2) is 6.95. The van der Waals surface area contributed by atoms with Crippen LogP contribution in [0.25, 0.3) is 12.2 Å². The first kappa shape index (κ1) is 17.8. The summed E-state index contributed by atoms with van der Waals surface area (Å²) in [6.45, 7) is 2.92. The number of aliphatic hydroxyl groups excluding tert-OH is 1. The van der Waals surface area contributed by atoms with Crippen molar-refractivity contribution >= 4 is 12.2 Å². The van der Waals surface area contributed by atoms with Gasteiger partial charge in [-0.3, -0.25) is 0 Å². The Bertz CT molecular complexity index is 703. The minimum absolute atomic E-state index is 0.0663. The SMILES string of the molecule is CC(C)(O)C(O)Cc1c(O)cc(/C=C/c2ccc(O)cc2)cc1O. The van der Waals surface area contributed by atoms with Crippen LogP contribution in [0.5, 0.6) is 17.2 Å². The van der Waals surface area contributed by atoms with Gasteiger partial charge in [0.15, 0.2) is 0 Å². The summed E-state index contributed by atoms with van der Waals surface area (Å²) in [6, 6.07) is 9.55. The van der Waals surface area contributed by atoms with Crippen molar-refractivity contribution in [1.82, 2.24) is 0 Å². The number of hydrogen-bond acceptors (Lipinski definition) is 5. The number of rotatable bonds is 5. The van der Waals surface area contributed by atoms with Gasteiger partial charge in [0, 0.05) is 12.0 Å². The second-order valence-corrected chi connectivity index (χ2v) is 6.34. The molecule has 0 fully saturated rings. The molecule has 0 saturated heterocycles. The average molecular weight is 330 g/mol. The first-order chi connectivity index (χ1) is 11.2. The first-order valence-electron chi connectivity index (χ1n) is 7.59. The number of hydrogen-bond donors (Lipinski definition) is 5. The van der Waals surface area contributed by atoms with Crippen LogP contribution >= 0.6 is 0 Å². The first-order valence-corrected chi connectivity index (χ1v) is 7.59. The molecule has 1 unspecified atom stereocenters. The molecule has 2 aromatic rings. The van der Waals surface area contributed by atoms with Crippen molar-refractivity contribution in [3.63, 3.8) is 0 Å². The van der Waals surface area contributed by atoms with Gasteiger partial charge in [-0.05, 0) is 49.2 Å². The molecule has 24 heavy (non-hydrogen) atoms. The van der Waals surface area contributed by atoms with Gasteiger partial charge < -0.3 is 25.5 Å². The fraction of sp³-hybridized carbons (Fsp3) is 0.263. The van der Waals surface area contributed by atoms with E-state index in [0.717, 1.165) is 5.56 Å². The summed E-state index contributed by atoms with van der Waals surface area (Å²) < 4.78 is 0. The number of aliphatic hydroxyl groups is 2. The fourth-order valence-electron chi connectivity index (χ4n) is 2.19. The number of phenolic OH excluding ortho intramolecular Hbond substituents is 3. The minimum atomic E-state index is -1.34. The summed E-state index contributed by atoms with van der Waals surface area (Å²) in [5.41, 5.74) is 0.287. The van der Waals surface area contributed by atoms with E-state index in [9.17, 15) is 25.5 Å². The van der Waals surface area contributed by atoms with Gasteiger partial charge in [0.25, 0.3) is 0 Å². The third kappa shape index (κ3) is 4.50. The lowest BCUT2D eigenvalue weighted by molar-refractivity contribution is -0.0472. The average Bonchev–Trinajstić information content (AvgIpc) is 2.49. The standard InChI is InChI=1S/C19H22O5/c1-19(2,24)18(23)11-15-16(21)9-13(10-17(15)22)4-3-12-5-7-14(20)8-6-12/h3-10,18,20-24H,11H2,1-2H3/b4-3+. The zero-order valence-corrected chi connectivity index (χ0v) is 13.6. The van der Waals surface area contributed by atoms with Crippen LogP contribution in [0.3, 0.4) is 0 Å². The van der Waals surface area contributed by atoms with E-state index in [4.69, 9.17) is 0 Å². The third-order valence-electron chi connectivity index (χ3n) is 3.80. The lowest BCUT2D eigenvalue weighted by atomic mass is 9.93. The summed E-state index contributed by atoms with van der Waals surface area (Å²) in [5.74, 6) is -0.121. The molecule has 0 aromatic heterocycles. The molecule has 5 heteroatoms. The maximum Gasteiger partial charge on any atom is 0.123 e. The quantitative estimate of drug-likeness (QED) is 0.543. The van der Waals surface area contributed by atoms with Crippen molar-refractivity contribution in [3.8, 4) is 17.2 Å². The van der Waals surface area contributed by atoms with Crippen molar-refractivity contribution in [2.45, 2.75) is 32.0 Å². The summed E-state index contributed by atoms with van der Waals surface area (Å²) in [6.07, 6.45) is 2.30. The molecule has 0 aliphatic carbocycles. The van der Waals surface area contributed by atoms with Crippen molar-refractivity contribution in [2.75, 3.05) is 0 Å². The van der Waals surface area contributed by atoms with Crippen molar-refractivity contribution in [3.05, 3.63) is 53.1 Å². The molecule has 0 saturated carbocycles. The van der Waals surface area contributed by atoms with Crippen LogP contribution < -0.4 is 0 Å². The van der Waals surface area contributed by atoms with Crippen LogP contribution in [0.15, 0.2) is 36.4 Å². The molecule has 0 amide bonds. The molecule has 0 bridgehead atoms. The van der Waals surface area contributed by atoms with E-state index in [1.165, 1.54) is 26.0 Å². The monoisotopic (exact) mass is 330 g/mol. The number of aromatic hydroxyl groups is 3. The van der Waals surface area contributed by atoms with Crippen LogP contribution in [0, 0.1) is 0 Å². The van der Waals surface area contributed by atoms with Gasteiger partial charge in [0.2, 0.25) is 0 Å². The highest BCUT2D eigenvalue weighted by Gasteiger charge is 2.26. The molecule has 0 aliphatic heterocycles. The van der Waals surface area contributed by atoms with Crippen molar-refractivity contribution in [2.24, 2.45) is 0 Å². The maximum atomic E-state index is 10.1. The molecule has 0 radical (unpaired) electrons. The van der Waals surface area contributed by atoms with E-state index in [0.29, 0.717) is 5.56 Å². The molecule has 2 aromatic carbocycles. The molecule has 0 spiro atoms. The lowest BCUT2D eigenvalue weighted by Gasteiger charge is -2.25. The maximum absolute atomic E-state index is 10.1. The topological polar surface area (TPSA) is 101 Å². The highest BCUT2D eigenvalue weighted by molar-refractivity contribution is 5.71. The zero-order valence-electron chi connectivity index (χ0n) is 13.6. The highest BCUT2D eigenvalue weighted by Crippen LogP contribution is 2.32. The summed E-state index contributed by atoms with van der Waals surface area (Å²) in [4.78, 5) is 0. The molecular formula is C19H22O5. The Kier molecular flexibility index (Phi) is 5.17. The lowest BCUT2D eigenvalue weighted by Crippen LogP contribution is -2.37. The van der Waals surface area contributed by atoms with Crippen LogP contribution in [-0.4, -0.2) is 37.2 Å². The summed E-state index contributed by atoms with van der Waals surface area (Å²) >= 11 is 0. The van der Waals surface area contributed by atoms with Gasteiger partial charge in [-0.25, -0.2) is 0 Å².